The predicted molar refractivity (Wildman–Crippen MR) is 107 cm³/mol. The van der Waals surface area contributed by atoms with Gasteiger partial charge >= 0.3 is 12.0 Å². The van der Waals surface area contributed by atoms with Gasteiger partial charge in [0.15, 0.2) is 15.9 Å². The quantitative estimate of drug-likeness (QED) is 0.553. The minimum absolute atomic E-state index is 0.0319. The van der Waals surface area contributed by atoms with E-state index in [1.807, 2.05) is 13.8 Å². The first-order valence-electron chi connectivity index (χ1n) is 9.41. The van der Waals surface area contributed by atoms with Crippen molar-refractivity contribution < 1.29 is 27.5 Å². The van der Waals surface area contributed by atoms with Gasteiger partial charge in [-0.1, -0.05) is 12.1 Å². The van der Waals surface area contributed by atoms with Gasteiger partial charge in [-0.25, -0.2) is 18.0 Å². The number of urea groups is 1. The summed E-state index contributed by atoms with van der Waals surface area (Å²) in [5, 5.41) is 8.01. The molecule has 160 valence electrons. The van der Waals surface area contributed by atoms with Crippen LogP contribution in [0.1, 0.15) is 43.1 Å². The summed E-state index contributed by atoms with van der Waals surface area (Å²) in [6, 6.07) is 5.76. The Kier molecular flexibility index (Phi) is 7.60. The zero-order chi connectivity index (χ0) is 21.6. The van der Waals surface area contributed by atoms with Gasteiger partial charge in [-0.2, -0.15) is 0 Å². The molecule has 1 aromatic carbocycles. The minimum Gasteiger partial charge on any atom is -0.449 e. The van der Waals surface area contributed by atoms with Crippen LogP contribution in [0.25, 0.3) is 0 Å². The third kappa shape index (κ3) is 7.37. The van der Waals surface area contributed by atoms with Crippen LogP contribution in [-0.2, 0) is 25.9 Å². The van der Waals surface area contributed by atoms with E-state index in [0.717, 1.165) is 5.56 Å². The number of hydrogen-bond donors (Lipinski definition) is 3. The van der Waals surface area contributed by atoms with Crippen molar-refractivity contribution in [3.05, 3.63) is 35.4 Å². The molecule has 2 atom stereocenters. The van der Waals surface area contributed by atoms with Crippen molar-refractivity contribution in [3.63, 3.8) is 0 Å². The first-order chi connectivity index (χ1) is 13.6. The number of rotatable bonds is 7. The molecule has 9 nitrogen and oxygen atoms in total. The molecule has 29 heavy (non-hydrogen) atoms. The molecule has 1 aromatic rings. The third-order valence-electron chi connectivity index (χ3n) is 4.29. The molecule has 0 saturated carbocycles. The Morgan fingerprint density at radius 2 is 1.79 bits per heavy atom. The first kappa shape index (κ1) is 22.7. The Balaban J connectivity index is 1.82. The molecule has 1 heterocycles. The average molecular weight is 426 g/mol. The Hall–Kier alpha value is -2.62. The summed E-state index contributed by atoms with van der Waals surface area (Å²) in [5.41, 5.74) is 1.07. The van der Waals surface area contributed by atoms with Gasteiger partial charge in [-0.05, 0) is 44.9 Å². The topological polar surface area (TPSA) is 131 Å². The molecule has 1 saturated heterocycles. The lowest BCUT2D eigenvalue weighted by atomic mass is 10.1. The van der Waals surface area contributed by atoms with Crippen LogP contribution in [-0.4, -0.2) is 56.0 Å². The van der Waals surface area contributed by atoms with Crippen LogP contribution in [0.15, 0.2) is 24.3 Å². The van der Waals surface area contributed by atoms with E-state index in [2.05, 4.69) is 16.0 Å². The highest BCUT2D eigenvalue weighted by Crippen LogP contribution is 2.12. The van der Waals surface area contributed by atoms with E-state index in [-0.39, 0.29) is 29.1 Å². The van der Waals surface area contributed by atoms with E-state index in [1.54, 1.807) is 24.3 Å². The van der Waals surface area contributed by atoms with Crippen LogP contribution in [0, 0.1) is 0 Å². The molecule has 3 amide bonds. The number of benzene rings is 1. The lowest BCUT2D eigenvalue weighted by Crippen LogP contribution is -2.42. The SMILES string of the molecule is CC(C)NC(=O)NCc1ccc(C(=O)O[C@@H](C)C(=O)N[C@H]2CCS(=O)(=O)C2)cc1. The van der Waals surface area contributed by atoms with E-state index >= 15 is 0 Å². The average Bonchev–Trinajstić information content (AvgIpc) is 2.98. The number of carbonyl (C=O) groups excluding carboxylic acids is 3. The first-order valence-corrected chi connectivity index (χ1v) is 11.2. The van der Waals surface area contributed by atoms with Crippen LogP contribution < -0.4 is 16.0 Å². The summed E-state index contributed by atoms with van der Waals surface area (Å²) in [7, 11) is -3.11. The number of ether oxygens (including phenoxy) is 1. The highest BCUT2D eigenvalue weighted by molar-refractivity contribution is 7.91. The Morgan fingerprint density at radius 3 is 2.34 bits per heavy atom. The van der Waals surface area contributed by atoms with Gasteiger partial charge in [0.25, 0.3) is 5.91 Å². The fraction of sp³-hybridized carbons (Fsp3) is 0.526. The fourth-order valence-corrected chi connectivity index (χ4v) is 4.44. The molecule has 0 spiro atoms. The number of esters is 1. The highest BCUT2D eigenvalue weighted by atomic mass is 32.2. The minimum atomic E-state index is -3.11. The monoisotopic (exact) mass is 425 g/mol. The summed E-state index contributed by atoms with van der Waals surface area (Å²) in [6.45, 7) is 5.45. The molecule has 0 unspecified atom stereocenters. The van der Waals surface area contributed by atoms with Gasteiger partial charge < -0.3 is 20.7 Å². The van der Waals surface area contributed by atoms with Crippen molar-refractivity contribution in [3.8, 4) is 0 Å². The second-order valence-corrected chi connectivity index (χ2v) is 9.56. The molecule has 3 N–H and O–H groups in total. The highest BCUT2D eigenvalue weighted by Gasteiger charge is 2.30. The molecule has 0 aliphatic carbocycles. The van der Waals surface area contributed by atoms with Crippen molar-refractivity contribution in [2.45, 2.75) is 51.9 Å². The standard InChI is InChI=1S/C19H27N3O6S/c1-12(2)21-19(25)20-10-14-4-6-15(7-5-14)18(24)28-13(3)17(23)22-16-8-9-29(26,27)11-16/h4-7,12-13,16H,8-11H2,1-3H3,(H,22,23)(H2,20,21,25)/t13-,16-/m0/s1. The Bertz CT molecular complexity index is 851. The van der Waals surface area contributed by atoms with Crippen LogP contribution in [0.3, 0.4) is 0 Å². The van der Waals surface area contributed by atoms with Gasteiger partial charge in [0.1, 0.15) is 0 Å². The zero-order valence-corrected chi connectivity index (χ0v) is 17.5. The molecule has 1 fully saturated rings. The number of carbonyl (C=O) groups is 3. The van der Waals surface area contributed by atoms with Gasteiger partial charge in [0, 0.05) is 18.6 Å². The lowest BCUT2D eigenvalue weighted by Gasteiger charge is -2.16. The maximum atomic E-state index is 12.2. The van der Waals surface area contributed by atoms with Crippen molar-refractivity contribution >= 4 is 27.7 Å². The van der Waals surface area contributed by atoms with Crippen molar-refractivity contribution in [1.29, 1.82) is 0 Å². The zero-order valence-electron chi connectivity index (χ0n) is 16.7. The normalized spacial score (nSPS) is 18.7. The van der Waals surface area contributed by atoms with Crippen LogP contribution >= 0.6 is 0 Å². The largest absolute Gasteiger partial charge is 0.449 e. The smallest absolute Gasteiger partial charge is 0.338 e. The maximum Gasteiger partial charge on any atom is 0.338 e. The number of hydrogen-bond acceptors (Lipinski definition) is 6. The van der Waals surface area contributed by atoms with Gasteiger partial charge in [-0.15, -0.1) is 0 Å². The molecule has 1 aliphatic heterocycles. The Morgan fingerprint density at radius 1 is 1.14 bits per heavy atom. The Labute approximate surface area is 170 Å². The van der Waals surface area contributed by atoms with E-state index in [0.29, 0.717) is 13.0 Å². The number of sulfone groups is 1. The van der Waals surface area contributed by atoms with E-state index in [4.69, 9.17) is 4.74 Å². The summed E-state index contributed by atoms with van der Waals surface area (Å²) < 4.78 is 28.1. The van der Waals surface area contributed by atoms with Crippen LogP contribution in [0.5, 0.6) is 0 Å². The van der Waals surface area contributed by atoms with Gasteiger partial charge in [0.2, 0.25) is 0 Å². The molecule has 2 rings (SSSR count). The maximum absolute atomic E-state index is 12.2. The predicted octanol–water partition coefficient (Wildman–Crippen LogP) is 0.743. The van der Waals surface area contributed by atoms with Gasteiger partial charge in [0.05, 0.1) is 17.1 Å². The molecule has 1 aliphatic rings. The second-order valence-electron chi connectivity index (χ2n) is 7.33. The molecule has 0 bridgehead atoms. The lowest BCUT2D eigenvalue weighted by molar-refractivity contribution is -0.129. The summed E-state index contributed by atoms with van der Waals surface area (Å²) in [6.07, 6.45) is -0.689. The third-order valence-corrected chi connectivity index (χ3v) is 6.06. The van der Waals surface area contributed by atoms with E-state index in [1.165, 1.54) is 6.92 Å². The summed E-state index contributed by atoms with van der Waals surface area (Å²) in [4.78, 5) is 35.9. The number of nitrogens with one attached hydrogen (secondary N) is 3. The summed E-state index contributed by atoms with van der Waals surface area (Å²) >= 11 is 0. The molecule has 10 heteroatoms. The van der Waals surface area contributed by atoms with Crippen LogP contribution in [0.2, 0.25) is 0 Å². The molecular formula is C19H27N3O6S. The van der Waals surface area contributed by atoms with E-state index in [9.17, 15) is 22.8 Å². The summed E-state index contributed by atoms with van der Waals surface area (Å²) in [5.74, 6) is -1.24. The molecule has 0 aromatic heterocycles. The van der Waals surface area contributed by atoms with Crippen LogP contribution in [0.4, 0.5) is 4.79 Å². The van der Waals surface area contributed by atoms with Gasteiger partial charge in [-0.3, -0.25) is 4.79 Å². The fourth-order valence-electron chi connectivity index (χ4n) is 2.76. The molecular weight excluding hydrogens is 398 g/mol. The van der Waals surface area contributed by atoms with Crippen molar-refractivity contribution in [1.82, 2.24) is 16.0 Å². The van der Waals surface area contributed by atoms with E-state index < -0.39 is 33.9 Å². The second kappa shape index (κ2) is 9.73. The van der Waals surface area contributed by atoms with Crippen molar-refractivity contribution in [2.24, 2.45) is 0 Å². The van der Waals surface area contributed by atoms with Crippen molar-refractivity contribution in [2.75, 3.05) is 11.5 Å². The number of amides is 3. The molecule has 0 radical (unpaired) electrons.